The highest BCUT2D eigenvalue weighted by atomic mass is 127. The average Bonchev–Trinajstić information content (AvgIpc) is 3.09. The molecule has 3 aliphatic rings. The molecule has 9 atom stereocenters. The lowest BCUT2D eigenvalue weighted by Gasteiger charge is -2.42. The maximum atomic E-state index is 14.9. The number of amides is 3. The number of hydrogen-bond acceptors (Lipinski definition) is 9. The summed E-state index contributed by atoms with van der Waals surface area (Å²) in [5.41, 5.74) is 0. The normalized spacial score (nSPS) is 47.9. The number of alkyl halides is 1. The Morgan fingerprint density at radius 2 is 1.59 bits per heavy atom. The number of urea groups is 1. The first-order valence-corrected chi connectivity index (χ1v) is 9.10. The van der Waals surface area contributed by atoms with E-state index in [0.29, 0.717) is 0 Å². The molecule has 0 aromatic rings. The third-order valence-electron chi connectivity index (χ3n) is 4.95. The van der Waals surface area contributed by atoms with Gasteiger partial charge in [0.2, 0.25) is 18.6 Å². The monoisotopic (exact) mass is 505 g/mol. The van der Waals surface area contributed by atoms with Gasteiger partial charge in [-0.05, 0) is 22.6 Å². The van der Waals surface area contributed by atoms with Crippen molar-refractivity contribution >= 4 is 34.5 Å². The second-order valence-electron chi connectivity index (χ2n) is 6.48. The molecule has 0 saturated carbocycles. The molecule has 11 nitrogen and oxygen atoms in total. The molecule has 0 aromatic carbocycles. The van der Waals surface area contributed by atoms with Crippen molar-refractivity contribution in [2.75, 3.05) is 13.2 Å². The summed E-state index contributed by atoms with van der Waals surface area (Å²) in [5.74, 6) is -0.770. The summed E-state index contributed by atoms with van der Waals surface area (Å²) in [5, 5.41) is 51.0. The van der Waals surface area contributed by atoms with Crippen LogP contribution in [0.15, 0.2) is 9.78 Å². The number of ether oxygens (including phenoxy) is 2. The predicted octanol–water partition coefficient (Wildman–Crippen LogP) is -2.82. The van der Waals surface area contributed by atoms with Crippen molar-refractivity contribution in [1.82, 2.24) is 5.32 Å². The fraction of sp³-hybridized carbons (Fsp3) is 0.714. The number of carbonyl (C=O) groups is 2. The number of halogens is 2. The van der Waals surface area contributed by atoms with Gasteiger partial charge < -0.3 is 35.0 Å². The van der Waals surface area contributed by atoms with Gasteiger partial charge >= 0.3 is 6.03 Å². The summed E-state index contributed by atoms with van der Waals surface area (Å²) in [7, 11) is 0. The molecule has 6 N–H and O–H groups in total. The van der Waals surface area contributed by atoms with Gasteiger partial charge in [-0.1, -0.05) is 0 Å². The molecule has 2 fully saturated rings. The number of imide groups is 1. The van der Waals surface area contributed by atoms with E-state index in [-0.39, 0.29) is 3.58 Å². The molecule has 0 bridgehead atoms. The van der Waals surface area contributed by atoms with E-state index < -0.39 is 78.8 Å². The van der Waals surface area contributed by atoms with Gasteiger partial charge in [0.15, 0.2) is 6.10 Å². The maximum Gasteiger partial charge on any atom is 0.432 e. The summed E-state index contributed by atoms with van der Waals surface area (Å²) < 4.78 is 24.3. The van der Waals surface area contributed by atoms with Crippen molar-refractivity contribution < 1.29 is 53.5 Å². The molecule has 13 heteroatoms. The van der Waals surface area contributed by atoms with E-state index in [2.05, 4.69) is 0 Å². The maximum absolute atomic E-state index is 14.9. The number of aliphatic hydroxyl groups excluding tert-OH is 5. The van der Waals surface area contributed by atoms with E-state index in [9.17, 15) is 39.5 Å². The van der Waals surface area contributed by atoms with Crippen LogP contribution in [-0.4, -0.2) is 104 Å². The summed E-state index contributed by atoms with van der Waals surface area (Å²) in [6.07, 6.45) is -12.4. The average molecular weight is 505 g/mol. The molecule has 1 unspecified atom stereocenters. The molecule has 3 aliphatic heterocycles. The van der Waals surface area contributed by atoms with Crippen molar-refractivity contribution in [1.29, 1.82) is 0 Å². The Kier molecular flexibility index (Phi) is 5.87. The van der Waals surface area contributed by atoms with Crippen LogP contribution >= 0.6 is 22.6 Å². The Morgan fingerprint density at radius 1 is 1.04 bits per heavy atom. The second kappa shape index (κ2) is 7.57. The fourth-order valence-corrected chi connectivity index (χ4v) is 4.11. The fourth-order valence-electron chi connectivity index (χ4n) is 3.51. The lowest BCUT2D eigenvalue weighted by molar-refractivity contribution is -0.903. The Bertz CT molecular complexity index is 634. The predicted molar refractivity (Wildman–Crippen MR) is 90.3 cm³/mol. The second-order valence-corrected chi connectivity index (χ2v) is 7.64. The number of carbonyl (C=O) groups excluding carboxylic acids is 2. The van der Waals surface area contributed by atoms with E-state index in [1.165, 1.54) is 0 Å². The van der Waals surface area contributed by atoms with Gasteiger partial charge in [-0.2, -0.15) is 4.48 Å². The van der Waals surface area contributed by atoms with E-state index in [0.717, 1.165) is 6.20 Å². The van der Waals surface area contributed by atoms with Crippen molar-refractivity contribution in [3.8, 4) is 0 Å². The van der Waals surface area contributed by atoms with Crippen LogP contribution < -0.4 is 5.32 Å². The van der Waals surface area contributed by atoms with Crippen LogP contribution in [0.2, 0.25) is 0 Å². The zero-order chi connectivity index (χ0) is 20.1. The topological polar surface area (TPSA) is 166 Å². The van der Waals surface area contributed by atoms with Crippen LogP contribution in [0.1, 0.15) is 0 Å². The number of aliphatic hydroxyl groups is 5. The molecule has 3 heterocycles. The van der Waals surface area contributed by atoms with E-state index in [1.54, 1.807) is 22.6 Å². The van der Waals surface area contributed by atoms with Crippen molar-refractivity contribution in [3.63, 3.8) is 0 Å². The quantitative estimate of drug-likeness (QED) is 0.175. The van der Waals surface area contributed by atoms with Crippen LogP contribution in [0.25, 0.3) is 0 Å². The summed E-state index contributed by atoms with van der Waals surface area (Å²) in [4.78, 5) is 24.6. The molecule has 0 radical (unpaired) electrons. The molecule has 3 rings (SSSR count). The van der Waals surface area contributed by atoms with E-state index in [4.69, 9.17) is 9.47 Å². The highest BCUT2D eigenvalue weighted by molar-refractivity contribution is 14.1. The lowest BCUT2D eigenvalue weighted by Crippen LogP contribution is -2.71. The van der Waals surface area contributed by atoms with Gasteiger partial charge in [-0.25, -0.2) is 14.5 Å². The van der Waals surface area contributed by atoms with Crippen molar-refractivity contribution in [2.24, 2.45) is 0 Å². The van der Waals surface area contributed by atoms with Gasteiger partial charge in [0.25, 0.3) is 5.91 Å². The standard InChI is InChI=1S/C14H18FIN2O9/c15-7-8(21)5(2-19)26-12(7)18(1-4(16)11(24)17-14(18)25)13-10(23)9(22)6(3-20)27-13/h1,5-10,12-13,19-23H,2-3H2/p+1/t5-,6-,7+,8-,9-,10-,12-,13-,18?/m1/s1. The smallest absolute Gasteiger partial charge is 0.394 e. The largest absolute Gasteiger partial charge is 0.432 e. The highest BCUT2D eigenvalue weighted by Crippen LogP contribution is 2.41. The molecular weight excluding hydrogens is 486 g/mol. The van der Waals surface area contributed by atoms with Crippen LogP contribution in [0.3, 0.4) is 0 Å². The van der Waals surface area contributed by atoms with E-state index in [1.807, 2.05) is 5.32 Å². The first-order valence-electron chi connectivity index (χ1n) is 8.02. The summed E-state index contributed by atoms with van der Waals surface area (Å²) in [6, 6.07) is -1.12. The van der Waals surface area contributed by atoms with Gasteiger partial charge in [-0.3, -0.25) is 4.79 Å². The Morgan fingerprint density at radius 3 is 2.11 bits per heavy atom. The molecule has 0 aromatic heterocycles. The molecule has 3 amide bonds. The van der Waals surface area contributed by atoms with Gasteiger partial charge in [0, 0.05) is 0 Å². The van der Waals surface area contributed by atoms with Gasteiger partial charge in [0.1, 0.15) is 34.2 Å². The van der Waals surface area contributed by atoms with Crippen LogP contribution in [-0.2, 0) is 14.3 Å². The number of nitrogens with zero attached hydrogens (tertiary/aromatic N) is 1. The minimum absolute atomic E-state index is 0.0531. The zero-order valence-corrected chi connectivity index (χ0v) is 15.8. The van der Waals surface area contributed by atoms with Crippen molar-refractivity contribution in [2.45, 2.75) is 49.1 Å². The summed E-state index contributed by atoms with van der Waals surface area (Å²) >= 11 is 1.59. The molecule has 27 heavy (non-hydrogen) atoms. The van der Waals surface area contributed by atoms with Crippen LogP contribution in [0.4, 0.5) is 9.18 Å². The lowest BCUT2D eigenvalue weighted by atomic mass is 10.1. The first kappa shape index (κ1) is 20.9. The number of rotatable bonds is 4. The minimum atomic E-state index is -2.19. The SMILES string of the molecule is O=C1NC(=O)[N+]([C@@H]2O[C@H](CO)[C@@H](O)[C@H]2O)([C@@H]2O[C@H](CO)[C@@H](O)[C@@H]2F)C=C1I. The van der Waals surface area contributed by atoms with E-state index >= 15 is 0 Å². The molecular formula is C14H19FIN2O9+. The van der Waals surface area contributed by atoms with Crippen LogP contribution in [0.5, 0.6) is 0 Å². The molecule has 152 valence electrons. The van der Waals surface area contributed by atoms with Crippen LogP contribution in [0, 0.1) is 0 Å². The first-order chi connectivity index (χ1) is 12.7. The minimum Gasteiger partial charge on any atom is -0.394 e. The summed E-state index contributed by atoms with van der Waals surface area (Å²) in [6.45, 7) is -1.43. The molecule has 2 saturated heterocycles. The molecule has 0 spiro atoms. The zero-order valence-electron chi connectivity index (χ0n) is 13.7. The number of nitrogens with one attached hydrogen (secondary N) is 1. The number of hydrogen-bond donors (Lipinski definition) is 6. The van der Waals surface area contributed by atoms with Gasteiger partial charge in [-0.15, -0.1) is 0 Å². The Balaban J connectivity index is 2.12. The number of quaternary nitrogens is 1. The Labute approximate surface area is 165 Å². The highest BCUT2D eigenvalue weighted by Gasteiger charge is 2.67. The molecule has 0 aliphatic carbocycles. The third-order valence-corrected chi connectivity index (χ3v) is 5.72. The van der Waals surface area contributed by atoms with Crippen molar-refractivity contribution in [3.05, 3.63) is 9.78 Å². The third kappa shape index (κ3) is 3.10. The Hall–Kier alpha value is -0.780. The van der Waals surface area contributed by atoms with Gasteiger partial charge in [0.05, 0.1) is 13.2 Å².